The highest BCUT2D eigenvalue weighted by molar-refractivity contribution is 8.20. The van der Waals surface area contributed by atoms with Gasteiger partial charge in [0, 0.05) is 50.6 Å². The highest BCUT2D eigenvalue weighted by atomic mass is 32.2. The maximum absolute atomic E-state index is 7.28. The predicted octanol–water partition coefficient (Wildman–Crippen LogP) is 11.0. The fraction of sp³-hybridized carbons (Fsp3) is 0.238. The second-order valence-electron chi connectivity index (χ2n) is 12.8. The molecule has 0 saturated carbocycles. The van der Waals surface area contributed by atoms with Gasteiger partial charge in [0.15, 0.2) is 5.60 Å². The Morgan fingerprint density at radius 1 is 0.660 bits per heavy atom. The molecule has 0 amide bonds. The predicted molar refractivity (Wildman–Crippen MR) is 200 cm³/mol. The Labute approximate surface area is 284 Å². The van der Waals surface area contributed by atoms with E-state index in [0.29, 0.717) is 0 Å². The van der Waals surface area contributed by atoms with Crippen LogP contribution in [-0.4, -0.2) is 30.4 Å². The van der Waals surface area contributed by atoms with E-state index >= 15 is 0 Å². The maximum atomic E-state index is 7.28. The van der Waals surface area contributed by atoms with Crippen LogP contribution >= 0.6 is 23.5 Å². The van der Waals surface area contributed by atoms with E-state index in [-0.39, 0.29) is 4.08 Å². The van der Waals surface area contributed by atoms with Gasteiger partial charge >= 0.3 is 0 Å². The van der Waals surface area contributed by atoms with E-state index in [9.17, 15) is 0 Å². The molecule has 0 spiro atoms. The molecule has 5 heteroatoms. The van der Waals surface area contributed by atoms with Crippen LogP contribution in [0.15, 0.2) is 119 Å². The summed E-state index contributed by atoms with van der Waals surface area (Å²) in [5.41, 5.74) is 3.87. The summed E-state index contributed by atoms with van der Waals surface area (Å²) in [5.74, 6) is 0.914. The first kappa shape index (κ1) is 29.3. The smallest absolute Gasteiger partial charge is 0.178 e. The van der Waals surface area contributed by atoms with Crippen LogP contribution < -0.4 is 9.64 Å². The first-order valence-corrected chi connectivity index (χ1v) is 18.4. The quantitative estimate of drug-likeness (QED) is 0.173. The zero-order valence-corrected chi connectivity index (χ0v) is 28.4. The number of fused-ring (bicyclic) bond motifs is 9. The van der Waals surface area contributed by atoms with Crippen molar-refractivity contribution in [1.29, 1.82) is 0 Å². The average Bonchev–Trinajstić information content (AvgIpc) is 3.53. The van der Waals surface area contributed by atoms with Crippen LogP contribution in [-0.2, 0) is 10.3 Å². The van der Waals surface area contributed by atoms with Crippen molar-refractivity contribution in [2.75, 3.05) is 31.2 Å². The van der Waals surface area contributed by atoms with Gasteiger partial charge in [0.1, 0.15) is 5.75 Å². The summed E-state index contributed by atoms with van der Waals surface area (Å²) < 4.78 is 13.1. The van der Waals surface area contributed by atoms with Crippen LogP contribution in [0.3, 0.4) is 0 Å². The van der Waals surface area contributed by atoms with Crippen LogP contribution in [0.25, 0.3) is 38.4 Å². The molecule has 6 aromatic carbocycles. The number of ether oxygens (including phenoxy) is 2. The van der Waals surface area contributed by atoms with Crippen molar-refractivity contribution in [1.82, 2.24) is 0 Å². The minimum absolute atomic E-state index is 0.209. The van der Waals surface area contributed by atoms with E-state index < -0.39 is 5.60 Å². The van der Waals surface area contributed by atoms with Crippen molar-refractivity contribution in [3.8, 4) is 5.75 Å². The number of benzene rings is 6. The van der Waals surface area contributed by atoms with E-state index in [4.69, 9.17) is 9.47 Å². The molecule has 3 aliphatic heterocycles. The number of hydrogen-bond donors (Lipinski definition) is 0. The summed E-state index contributed by atoms with van der Waals surface area (Å²) in [4.78, 5) is 5.21. The number of nitrogens with zero attached hydrogens (tertiary/aromatic N) is 1. The Bertz CT molecular complexity index is 2180. The highest BCUT2D eigenvalue weighted by Crippen LogP contribution is 2.60. The molecule has 6 aromatic rings. The molecule has 0 N–H and O–H groups in total. The molecule has 0 aliphatic carbocycles. The summed E-state index contributed by atoms with van der Waals surface area (Å²) in [5, 5.41) is 7.78. The molecule has 0 aromatic heterocycles. The second kappa shape index (κ2) is 11.4. The fourth-order valence-electron chi connectivity index (χ4n) is 7.74. The van der Waals surface area contributed by atoms with E-state index in [2.05, 4.69) is 158 Å². The van der Waals surface area contributed by atoms with E-state index in [1.165, 1.54) is 47.8 Å². The van der Waals surface area contributed by atoms with Crippen molar-refractivity contribution in [2.24, 2.45) is 0 Å². The van der Waals surface area contributed by atoms with Crippen LogP contribution in [0.2, 0.25) is 0 Å². The zero-order valence-electron chi connectivity index (χ0n) is 26.8. The van der Waals surface area contributed by atoms with Gasteiger partial charge in [-0.15, -0.1) is 23.5 Å². The minimum atomic E-state index is -0.742. The van der Waals surface area contributed by atoms with Crippen molar-refractivity contribution in [2.45, 2.75) is 46.2 Å². The SMILES string of the molecule is CCC1(CC)Sc2cc3c4ccccc4c4ccc5c(c4c3cc2S1)C=CC(c1ccccc1)(c1ccc(N2CCOCC2)cc1)O5. The van der Waals surface area contributed by atoms with Crippen molar-refractivity contribution in [3.63, 3.8) is 0 Å². The molecule has 1 unspecified atom stereocenters. The maximum Gasteiger partial charge on any atom is 0.178 e. The standard InChI is InChI=1S/C42H37NO2S2/c1-3-41(4-2)46-38-26-35-32-13-9-8-12-31(32)33-18-19-37-34(40(33)36(35)27-39(38)47-41)20-21-42(45-37,28-10-6-5-7-11-28)29-14-16-30(17-15-29)43-22-24-44-25-23-43/h5-21,26-27H,3-4,22-25H2,1-2H3. The number of thioether (sulfide) groups is 2. The lowest BCUT2D eigenvalue weighted by Gasteiger charge is -2.37. The lowest BCUT2D eigenvalue weighted by molar-refractivity contribution is 0.122. The molecule has 47 heavy (non-hydrogen) atoms. The first-order chi connectivity index (χ1) is 23.1. The molecule has 0 bridgehead atoms. The van der Waals surface area contributed by atoms with Crippen molar-refractivity contribution >= 4 is 67.6 Å². The average molecular weight is 652 g/mol. The Morgan fingerprint density at radius 2 is 1.30 bits per heavy atom. The third-order valence-corrected chi connectivity index (χ3v) is 14.0. The summed E-state index contributed by atoms with van der Waals surface area (Å²) in [6.07, 6.45) is 6.90. The van der Waals surface area contributed by atoms with Crippen molar-refractivity contribution < 1.29 is 9.47 Å². The van der Waals surface area contributed by atoms with Gasteiger partial charge in [0.2, 0.25) is 0 Å². The van der Waals surface area contributed by atoms with Crippen LogP contribution in [0.4, 0.5) is 5.69 Å². The first-order valence-electron chi connectivity index (χ1n) is 16.8. The molecule has 1 atom stereocenters. The Kier molecular flexibility index (Phi) is 7.07. The van der Waals surface area contributed by atoms with Gasteiger partial charge in [0.05, 0.1) is 17.3 Å². The van der Waals surface area contributed by atoms with Crippen LogP contribution in [0, 0.1) is 0 Å². The van der Waals surface area contributed by atoms with Crippen LogP contribution in [0.5, 0.6) is 5.75 Å². The minimum Gasteiger partial charge on any atom is -0.473 e. The number of rotatable bonds is 5. The molecule has 3 heterocycles. The van der Waals surface area contributed by atoms with Gasteiger partial charge in [-0.25, -0.2) is 0 Å². The summed E-state index contributed by atoms with van der Waals surface area (Å²) in [7, 11) is 0. The van der Waals surface area contributed by atoms with Gasteiger partial charge in [-0.05, 0) is 82.3 Å². The Morgan fingerprint density at radius 3 is 2.00 bits per heavy atom. The van der Waals surface area contributed by atoms with E-state index in [0.717, 1.165) is 61.6 Å². The summed E-state index contributed by atoms with van der Waals surface area (Å²) >= 11 is 4.12. The van der Waals surface area contributed by atoms with Crippen molar-refractivity contribution in [3.05, 3.63) is 126 Å². The Hall–Kier alpha value is -3.90. The number of hydrogen-bond acceptors (Lipinski definition) is 5. The molecule has 1 saturated heterocycles. The molecule has 3 aliphatic rings. The van der Waals surface area contributed by atoms with E-state index in [1.807, 2.05) is 0 Å². The topological polar surface area (TPSA) is 21.7 Å². The normalized spacial score (nSPS) is 20.0. The van der Waals surface area contributed by atoms with Gasteiger partial charge < -0.3 is 14.4 Å². The van der Waals surface area contributed by atoms with Gasteiger partial charge in [0.25, 0.3) is 0 Å². The van der Waals surface area contributed by atoms with E-state index in [1.54, 1.807) is 0 Å². The third kappa shape index (κ3) is 4.62. The van der Waals surface area contributed by atoms with Gasteiger partial charge in [-0.2, -0.15) is 0 Å². The Balaban J connectivity index is 1.24. The molecular weight excluding hydrogens is 615 g/mol. The molecule has 3 nitrogen and oxygen atoms in total. The zero-order chi connectivity index (χ0) is 31.6. The number of anilines is 1. The molecule has 1 fully saturated rings. The molecule has 9 rings (SSSR count). The monoisotopic (exact) mass is 651 g/mol. The second-order valence-corrected chi connectivity index (χ2v) is 15.9. The van der Waals surface area contributed by atoms with Gasteiger partial charge in [-0.1, -0.05) is 86.6 Å². The number of morpholine rings is 1. The molecule has 234 valence electrons. The lowest BCUT2D eigenvalue weighted by Crippen LogP contribution is -2.36. The lowest BCUT2D eigenvalue weighted by atomic mass is 9.82. The largest absolute Gasteiger partial charge is 0.473 e. The fourth-order valence-corrected chi connectivity index (χ4v) is 10.8. The van der Waals surface area contributed by atoms with Gasteiger partial charge in [-0.3, -0.25) is 0 Å². The summed E-state index contributed by atoms with van der Waals surface area (Å²) in [6, 6.07) is 37.9. The van der Waals surface area contributed by atoms with Crippen LogP contribution in [0.1, 0.15) is 43.4 Å². The summed E-state index contributed by atoms with van der Waals surface area (Å²) in [6.45, 7) is 8.03. The highest BCUT2D eigenvalue weighted by Gasteiger charge is 2.39. The molecular formula is C42H37NO2S2. The third-order valence-electron chi connectivity index (χ3n) is 10.4. The molecule has 0 radical (unpaired) electrons.